The number of hydrogen-bond acceptors (Lipinski definition) is 2. The van der Waals surface area contributed by atoms with Crippen LogP contribution in [0.15, 0.2) is 48.7 Å². The van der Waals surface area contributed by atoms with Gasteiger partial charge in [-0.05, 0) is 49.2 Å². The van der Waals surface area contributed by atoms with Crippen molar-refractivity contribution in [3.63, 3.8) is 0 Å². The van der Waals surface area contributed by atoms with Gasteiger partial charge in [0.15, 0.2) is 5.78 Å². The first-order valence-electron chi connectivity index (χ1n) is 7.51. The molecule has 2 aromatic carbocycles. The molecular formula is C19H18N2O2. The van der Waals surface area contributed by atoms with Crippen LogP contribution in [0.25, 0.3) is 10.9 Å². The Hall–Kier alpha value is -2.88. The molecule has 3 rings (SSSR count). The smallest absolute Gasteiger partial charge is 0.228 e. The molecule has 0 aliphatic carbocycles. The molecule has 0 aliphatic heterocycles. The van der Waals surface area contributed by atoms with Gasteiger partial charge in [0.25, 0.3) is 0 Å². The van der Waals surface area contributed by atoms with Gasteiger partial charge in [0.1, 0.15) is 0 Å². The number of benzene rings is 2. The Kier molecular flexibility index (Phi) is 3.98. The molecule has 0 aliphatic rings. The number of carbonyl (C=O) groups excluding carboxylic acids is 2. The van der Waals surface area contributed by atoms with Crippen molar-refractivity contribution in [2.75, 3.05) is 5.32 Å². The van der Waals surface area contributed by atoms with Gasteiger partial charge in [-0.15, -0.1) is 0 Å². The van der Waals surface area contributed by atoms with Crippen molar-refractivity contribution in [2.24, 2.45) is 0 Å². The number of aromatic nitrogens is 1. The summed E-state index contributed by atoms with van der Waals surface area (Å²) in [5.41, 5.74) is 4.53. The second kappa shape index (κ2) is 6.08. The monoisotopic (exact) mass is 306 g/mol. The molecule has 0 unspecified atom stereocenters. The van der Waals surface area contributed by atoms with Gasteiger partial charge in [-0.2, -0.15) is 0 Å². The fourth-order valence-corrected chi connectivity index (χ4v) is 2.68. The van der Waals surface area contributed by atoms with E-state index in [9.17, 15) is 9.59 Å². The van der Waals surface area contributed by atoms with Crippen molar-refractivity contribution < 1.29 is 9.59 Å². The average Bonchev–Trinajstić information content (AvgIpc) is 2.92. The van der Waals surface area contributed by atoms with Crippen LogP contribution in [0.5, 0.6) is 0 Å². The first-order chi connectivity index (χ1) is 11.0. The highest BCUT2D eigenvalue weighted by molar-refractivity contribution is 5.97. The van der Waals surface area contributed by atoms with Crippen molar-refractivity contribution in [1.82, 2.24) is 4.98 Å². The van der Waals surface area contributed by atoms with Gasteiger partial charge in [-0.1, -0.05) is 18.2 Å². The Labute approximate surface area is 134 Å². The lowest BCUT2D eigenvalue weighted by Gasteiger charge is -2.05. The maximum absolute atomic E-state index is 12.2. The van der Waals surface area contributed by atoms with Crippen LogP contribution >= 0.6 is 0 Å². The van der Waals surface area contributed by atoms with Crippen LogP contribution in [-0.4, -0.2) is 16.7 Å². The third-order valence-electron chi connectivity index (χ3n) is 3.94. The number of carbonyl (C=O) groups is 2. The summed E-state index contributed by atoms with van der Waals surface area (Å²) in [7, 11) is 0. The molecule has 4 heteroatoms. The summed E-state index contributed by atoms with van der Waals surface area (Å²) in [6, 6.07) is 13.0. The lowest BCUT2D eigenvalue weighted by Crippen LogP contribution is -2.14. The van der Waals surface area contributed by atoms with Crippen molar-refractivity contribution in [3.8, 4) is 0 Å². The van der Waals surface area contributed by atoms with Crippen LogP contribution in [0, 0.1) is 6.92 Å². The molecule has 1 aromatic heterocycles. The molecule has 0 bridgehead atoms. The fraction of sp³-hybridized carbons (Fsp3) is 0.158. The number of ketones is 1. The lowest BCUT2D eigenvalue weighted by atomic mass is 10.1. The molecule has 3 aromatic rings. The molecule has 0 radical (unpaired) electrons. The molecule has 23 heavy (non-hydrogen) atoms. The Balaban J connectivity index is 1.73. The zero-order valence-corrected chi connectivity index (χ0v) is 13.1. The molecule has 0 saturated heterocycles. The van der Waals surface area contributed by atoms with Crippen molar-refractivity contribution in [3.05, 3.63) is 65.4 Å². The van der Waals surface area contributed by atoms with Gasteiger partial charge in [0.05, 0.1) is 6.42 Å². The third-order valence-corrected chi connectivity index (χ3v) is 3.94. The molecule has 0 atom stereocenters. The predicted molar refractivity (Wildman–Crippen MR) is 91.8 cm³/mol. The van der Waals surface area contributed by atoms with Gasteiger partial charge in [0, 0.05) is 28.4 Å². The number of hydrogen-bond donors (Lipinski definition) is 2. The van der Waals surface area contributed by atoms with Crippen molar-refractivity contribution >= 4 is 28.3 Å². The molecule has 0 spiro atoms. The molecular weight excluding hydrogens is 288 g/mol. The van der Waals surface area contributed by atoms with E-state index in [0.717, 1.165) is 22.0 Å². The highest BCUT2D eigenvalue weighted by Gasteiger charge is 2.10. The van der Waals surface area contributed by atoms with Crippen LogP contribution in [0.3, 0.4) is 0 Å². The number of rotatable bonds is 4. The molecule has 116 valence electrons. The van der Waals surface area contributed by atoms with E-state index < -0.39 is 0 Å². The van der Waals surface area contributed by atoms with E-state index in [4.69, 9.17) is 0 Å². The highest BCUT2D eigenvalue weighted by atomic mass is 16.1. The van der Waals surface area contributed by atoms with E-state index in [1.807, 2.05) is 31.3 Å². The highest BCUT2D eigenvalue weighted by Crippen LogP contribution is 2.22. The van der Waals surface area contributed by atoms with E-state index >= 15 is 0 Å². The summed E-state index contributed by atoms with van der Waals surface area (Å²) in [5, 5.41) is 3.94. The number of aromatic amines is 1. The summed E-state index contributed by atoms with van der Waals surface area (Å²) >= 11 is 0. The van der Waals surface area contributed by atoms with Crippen molar-refractivity contribution in [2.45, 2.75) is 20.3 Å². The first-order valence-corrected chi connectivity index (χ1v) is 7.51. The van der Waals surface area contributed by atoms with E-state index in [2.05, 4.69) is 10.3 Å². The summed E-state index contributed by atoms with van der Waals surface area (Å²) in [6.45, 7) is 3.56. The minimum absolute atomic E-state index is 0.0111. The van der Waals surface area contributed by atoms with Gasteiger partial charge >= 0.3 is 0 Å². The van der Waals surface area contributed by atoms with Crippen LogP contribution in [0.4, 0.5) is 5.69 Å². The second-order valence-electron chi connectivity index (χ2n) is 5.67. The lowest BCUT2D eigenvalue weighted by molar-refractivity contribution is -0.115. The Morgan fingerprint density at radius 3 is 2.52 bits per heavy atom. The number of nitrogens with one attached hydrogen (secondary N) is 2. The molecule has 2 N–H and O–H groups in total. The fourth-order valence-electron chi connectivity index (χ4n) is 2.68. The quantitative estimate of drug-likeness (QED) is 0.719. The summed E-state index contributed by atoms with van der Waals surface area (Å²) in [5.74, 6) is -0.0694. The van der Waals surface area contributed by atoms with Crippen LogP contribution in [0.1, 0.15) is 28.4 Å². The Morgan fingerprint density at radius 1 is 1.09 bits per heavy atom. The van der Waals surface area contributed by atoms with Gasteiger partial charge < -0.3 is 10.3 Å². The van der Waals surface area contributed by atoms with Crippen LogP contribution in [0.2, 0.25) is 0 Å². The maximum Gasteiger partial charge on any atom is 0.228 e. The Bertz CT molecular complexity index is 876. The number of fused-ring (bicyclic) bond motifs is 1. The van der Waals surface area contributed by atoms with Crippen molar-refractivity contribution in [1.29, 1.82) is 0 Å². The number of Topliss-reactive ketones (excluding diaryl/α,β-unsaturated/α-hetero) is 1. The van der Waals surface area contributed by atoms with Gasteiger partial charge in [0.2, 0.25) is 5.91 Å². The zero-order valence-electron chi connectivity index (χ0n) is 13.1. The molecule has 1 heterocycles. The predicted octanol–water partition coefficient (Wildman–Crippen LogP) is 3.86. The average molecular weight is 306 g/mol. The third kappa shape index (κ3) is 3.16. The van der Waals surface area contributed by atoms with E-state index in [0.29, 0.717) is 17.7 Å². The van der Waals surface area contributed by atoms with Gasteiger partial charge in [-0.25, -0.2) is 0 Å². The molecule has 0 fully saturated rings. The summed E-state index contributed by atoms with van der Waals surface area (Å²) in [4.78, 5) is 26.7. The van der Waals surface area contributed by atoms with Crippen LogP contribution in [-0.2, 0) is 11.2 Å². The van der Waals surface area contributed by atoms with E-state index in [1.165, 1.54) is 6.92 Å². The van der Waals surface area contributed by atoms with Gasteiger partial charge in [-0.3, -0.25) is 9.59 Å². The maximum atomic E-state index is 12.2. The molecule has 1 amide bonds. The topological polar surface area (TPSA) is 62.0 Å². The first kappa shape index (κ1) is 15.0. The van der Waals surface area contributed by atoms with E-state index in [1.54, 1.807) is 24.3 Å². The zero-order chi connectivity index (χ0) is 16.4. The Morgan fingerprint density at radius 2 is 1.83 bits per heavy atom. The van der Waals surface area contributed by atoms with Crippen LogP contribution < -0.4 is 5.32 Å². The molecule has 4 nitrogen and oxygen atoms in total. The second-order valence-corrected chi connectivity index (χ2v) is 5.67. The van der Waals surface area contributed by atoms with E-state index in [-0.39, 0.29) is 11.7 Å². The largest absolute Gasteiger partial charge is 0.361 e. The minimum atomic E-state index is -0.0806. The standard InChI is InChI=1S/C19H18N2O2/c1-12-4-3-5-17-15(11-20-19(12)17)10-18(23)21-16-8-6-14(7-9-16)13(2)22/h3-9,11,20H,10H2,1-2H3,(H,21,23). The SMILES string of the molecule is CC(=O)c1ccc(NC(=O)Cc2c[nH]c3c(C)cccc23)cc1. The number of para-hydroxylation sites is 1. The minimum Gasteiger partial charge on any atom is -0.361 e. The number of aryl methyl sites for hydroxylation is 1. The number of amides is 1. The number of anilines is 1. The number of H-pyrrole nitrogens is 1. The normalized spacial score (nSPS) is 10.7. The molecule has 0 saturated carbocycles. The summed E-state index contributed by atoms with van der Waals surface area (Å²) < 4.78 is 0. The summed E-state index contributed by atoms with van der Waals surface area (Å²) in [6.07, 6.45) is 2.19.